The average molecular weight is 400 g/mol. The Kier molecular flexibility index (Phi) is 4.83. The number of aliphatic hydroxyl groups is 1. The molecule has 0 spiro atoms. The van der Waals surface area contributed by atoms with E-state index in [0.29, 0.717) is 16.8 Å². The summed E-state index contributed by atoms with van der Waals surface area (Å²) in [6.07, 6.45) is 3.01. The second-order valence-electron chi connectivity index (χ2n) is 7.22. The molecule has 2 N–H and O–H groups in total. The number of aromatic hydroxyl groups is 1. The Morgan fingerprint density at radius 1 is 0.967 bits per heavy atom. The van der Waals surface area contributed by atoms with E-state index in [4.69, 9.17) is 0 Å². The first-order chi connectivity index (χ1) is 14.4. The van der Waals surface area contributed by atoms with Crippen LogP contribution in [0.15, 0.2) is 72.6 Å². The Bertz CT molecular complexity index is 1170. The van der Waals surface area contributed by atoms with Gasteiger partial charge in [-0.1, -0.05) is 24.3 Å². The zero-order valence-corrected chi connectivity index (χ0v) is 16.5. The van der Waals surface area contributed by atoms with Crippen molar-refractivity contribution in [1.82, 2.24) is 4.98 Å². The molecule has 2 heterocycles. The zero-order valence-electron chi connectivity index (χ0n) is 16.5. The lowest BCUT2D eigenvalue weighted by Gasteiger charge is -2.27. The van der Waals surface area contributed by atoms with Crippen LogP contribution in [0, 0.1) is 13.8 Å². The number of amides is 1. The number of hydrogen-bond donors (Lipinski definition) is 2. The van der Waals surface area contributed by atoms with Gasteiger partial charge in [-0.25, -0.2) is 0 Å². The molecule has 1 fully saturated rings. The molecular formula is C24H20N2O4. The fourth-order valence-corrected chi connectivity index (χ4v) is 3.71. The van der Waals surface area contributed by atoms with Crippen molar-refractivity contribution >= 4 is 23.1 Å². The largest absolute Gasteiger partial charge is 0.508 e. The van der Waals surface area contributed by atoms with Crippen molar-refractivity contribution in [2.45, 2.75) is 19.9 Å². The van der Waals surface area contributed by atoms with E-state index in [-0.39, 0.29) is 17.1 Å². The van der Waals surface area contributed by atoms with E-state index in [1.54, 1.807) is 30.3 Å². The van der Waals surface area contributed by atoms with Gasteiger partial charge in [0.05, 0.1) is 11.6 Å². The smallest absolute Gasteiger partial charge is 0.300 e. The molecule has 0 bridgehead atoms. The molecule has 0 aliphatic carbocycles. The number of nitrogens with zero attached hydrogens (tertiary/aromatic N) is 2. The van der Waals surface area contributed by atoms with Crippen LogP contribution in [0.2, 0.25) is 0 Å². The number of anilines is 1. The number of Topliss-reactive ketones (excluding diaryl/α,β-unsaturated/α-hetero) is 1. The maximum atomic E-state index is 13.1. The van der Waals surface area contributed by atoms with Crippen molar-refractivity contribution in [3.63, 3.8) is 0 Å². The van der Waals surface area contributed by atoms with Crippen LogP contribution in [-0.4, -0.2) is 26.9 Å². The summed E-state index contributed by atoms with van der Waals surface area (Å²) in [5.41, 5.74) is 3.44. The number of pyridine rings is 1. The topological polar surface area (TPSA) is 90.7 Å². The highest BCUT2D eigenvalue weighted by Gasteiger charge is 2.47. The minimum absolute atomic E-state index is 0.00204. The van der Waals surface area contributed by atoms with E-state index in [0.717, 1.165) is 11.1 Å². The highest BCUT2D eigenvalue weighted by Crippen LogP contribution is 2.43. The van der Waals surface area contributed by atoms with Gasteiger partial charge >= 0.3 is 0 Å². The van der Waals surface area contributed by atoms with Crippen molar-refractivity contribution < 1.29 is 19.8 Å². The SMILES string of the molecule is Cc1cccc(N2C(=O)C(=O)/C(=C(/O)c3ccncc3)C2c2ccc(O)cc2)c1C. The lowest BCUT2D eigenvalue weighted by Crippen LogP contribution is -2.30. The van der Waals surface area contributed by atoms with E-state index in [9.17, 15) is 19.8 Å². The Hall–Kier alpha value is -3.93. The summed E-state index contributed by atoms with van der Waals surface area (Å²) in [6.45, 7) is 3.82. The third-order valence-electron chi connectivity index (χ3n) is 5.44. The number of hydrogen-bond acceptors (Lipinski definition) is 5. The molecule has 1 saturated heterocycles. The van der Waals surface area contributed by atoms with Crippen molar-refractivity contribution in [2.75, 3.05) is 4.90 Å². The average Bonchev–Trinajstić information content (AvgIpc) is 3.01. The lowest BCUT2D eigenvalue weighted by molar-refractivity contribution is -0.132. The number of aromatic nitrogens is 1. The molecule has 6 nitrogen and oxygen atoms in total. The second kappa shape index (κ2) is 7.48. The summed E-state index contributed by atoms with van der Waals surface area (Å²) in [4.78, 5) is 31.6. The number of benzene rings is 2. The van der Waals surface area contributed by atoms with Crippen molar-refractivity contribution in [3.8, 4) is 5.75 Å². The summed E-state index contributed by atoms with van der Waals surface area (Å²) >= 11 is 0. The highest BCUT2D eigenvalue weighted by molar-refractivity contribution is 6.51. The second-order valence-corrected chi connectivity index (χ2v) is 7.22. The highest BCUT2D eigenvalue weighted by atomic mass is 16.3. The first kappa shape index (κ1) is 19.4. The molecule has 1 aliphatic rings. The van der Waals surface area contributed by atoms with Gasteiger partial charge in [0, 0.05) is 23.6 Å². The van der Waals surface area contributed by atoms with Gasteiger partial charge in [-0.15, -0.1) is 0 Å². The molecule has 30 heavy (non-hydrogen) atoms. The minimum atomic E-state index is -0.834. The molecule has 6 heteroatoms. The fraction of sp³-hybridized carbons (Fsp3) is 0.125. The maximum absolute atomic E-state index is 13.1. The quantitative estimate of drug-likeness (QED) is 0.394. The van der Waals surface area contributed by atoms with Crippen LogP contribution in [0.5, 0.6) is 5.75 Å². The number of carbonyl (C=O) groups excluding carboxylic acids is 2. The van der Waals surface area contributed by atoms with Gasteiger partial charge in [0.1, 0.15) is 11.5 Å². The number of carbonyl (C=O) groups is 2. The van der Waals surface area contributed by atoms with Crippen LogP contribution in [-0.2, 0) is 9.59 Å². The fourth-order valence-electron chi connectivity index (χ4n) is 3.71. The molecule has 1 aliphatic heterocycles. The molecule has 1 aromatic heterocycles. The predicted molar refractivity (Wildman–Crippen MR) is 113 cm³/mol. The Labute approximate surface area is 173 Å². The first-order valence-corrected chi connectivity index (χ1v) is 9.46. The number of phenols is 1. The normalized spacial score (nSPS) is 18.1. The minimum Gasteiger partial charge on any atom is -0.508 e. The molecule has 1 unspecified atom stereocenters. The summed E-state index contributed by atoms with van der Waals surface area (Å²) in [6, 6.07) is 14.1. The van der Waals surface area contributed by atoms with Crippen LogP contribution < -0.4 is 4.90 Å². The zero-order chi connectivity index (χ0) is 21.4. The van der Waals surface area contributed by atoms with E-state index < -0.39 is 17.7 Å². The molecular weight excluding hydrogens is 380 g/mol. The maximum Gasteiger partial charge on any atom is 0.300 e. The Morgan fingerprint density at radius 3 is 2.30 bits per heavy atom. The number of ketones is 1. The van der Waals surface area contributed by atoms with Crippen molar-refractivity contribution in [2.24, 2.45) is 0 Å². The van der Waals surface area contributed by atoms with E-state index >= 15 is 0 Å². The Balaban J connectivity index is 1.98. The van der Waals surface area contributed by atoms with Crippen LogP contribution in [0.1, 0.15) is 28.3 Å². The molecule has 1 atom stereocenters. The van der Waals surface area contributed by atoms with Gasteiger partial charge in [0.15, 0.2) is 0 Å². The third kappa shape index (κ3) is 3.12. The van der Waals surface area contributed by atoms with Gasteiger partial charge in [-0.05, 0) is 60.9 Å². The van der Waals surface area contributed by atoms with Gasteiger partial charge in [0.25, 0.3) is 11.7 Å². The van der Waals surface area contributed by atoms with Crippen LogP contribution in [0.25, 0.3) is 5.76 Å². The van der Waals surface area contributed by atoms with Crippen LogP contribution in [0.3, 0.4) is 0 Å². The van der Waals surface area contributed by atoms with E-state index in [1.807, 2.05) is 26.0 Å². The van der Waals surface area contributed by atoms with Gasteiger partial charge in [-0.3, -0.25) is 19.5 Å². The molecule has 3 aromatic rings. The number of rotatable bonds is 3. The van der Waals surface area contributed by atoms with E-state index in [2.05, 4.69) is 4.98 Å². The van der Waals surface area contributed by atoms with Gasteiger partial charge in [0.2, 0.25) is 0 Å². The van der Waals surface area contributed by atoms with Gasteiger partial charge in [-0.2, -0.15) is 0 Å². The summed E-state index contributed by atoms with van der Waals surface area (Å²) < 4.78 is 0. The van der Waals surface area contributed by atoms with Gasteiger partial charge < -0.3 is 10.2 Å². The predicted octanol–water partition coefficient (Wildman–Crippen LogP) is 4.03. The monoisotopic (exact) mass is 400 g/mol. The summed E-state index contributed by atoms with van der Waals surface area (Å²) in [5, 5.41) is 20.7. The molecule has 0 radical (unpaired) electrons. The van der Waals surface area contributed by atoms with Crippen molar-refractivity contribution in [3.05, 3.63) is 94.8 Å². The van der Waals surface area contributed by atoms with Crippen LogP contribution in [0.4, 0.5) is 5.69 Å². The molecule has 4 rings (SSSR count). The Morgan fingerprint density at radius 2 is 1.63 bits per heavy atom. The third-order valence-corrected chi connectivity index (χ3v) is 5.44. The lowest BCUT2D eigenvalue weighted by atomic mass is 9.95. The molecule has 1 amide bonds. The number of aryl methyl sites for hydroxylation is 1. The van der Waals surface area contributed by atoms with E-state index in [1.165, 1.54) is 29.4 Å². The summed E-state index contributed by atoms with van der Waals surface area (Å²) in [5.74, 6) is -1.67. The van der Waals surface area contributed by atoms with Crippen LogP contribution >= 0.6 is 0 Å². The van der Waals surface area contributed by atoms with Crippen molar-refractivity contribution in [1.29, 1.82) is 0 Å². The first-order valence-electron chi connectivity index (χ1n) is 9.46. The molecule has 2 aromatic carbocycles. The summed E-state index contributed by atoms with van der Waals surface area (Å²) in [7, 11) is 0. The number of aliphatic hydroxyl groups excluding tert-OH is 1. The molecule has 0 saturated carbocycles. The molecule has 150 valence electrons. The standard InChI is InChI=1S/C24H20N2O4/c1-14-4-3-5-19(15(14)2)26-21(16-6-8-18(27)9-7-16)20(23(29)24(26)30)22(28)17-10-12-25-13-11-17/h3-13,21,27-28H,1-2H3/b22-20+. The number of phenolic OH excluding ortho intramolecular Hbond substituents is 1.